The highest BCUT2D eigenvalue weighted by atomic mass is 32.2. The van der Waals surface area contributed by atoms with Gasteiger partial charge in [-0.15, -0.1) is 11.8 Å². The van der Waals surface area contributed by atoms with Gasteiger partial charge < -0.3 is 10.2 Å². The molecule has 1 aromatic rings. The molecule has 0 spiro atoms. The number of anilines is 1. The molecule has 0 bridgehead atoms. The standard InChI is InChI=1S/C14H18N2OS/c1-16-12-3-2-11(10-4-6-15-7-5-10)8-13(12)18-9-14(16)17/h2-3,8,10,15H,4-7,9H2,1H3. The normalized spacial score (nSPS) is 20.9. The minimum Gasteiger partial charge on any atom is -0.317 e. The molecule has 3 nitrogen and oxygen atoms in total. The van der Waals surface area contributed by atoms with Crippen LogP contribution >= 0.6 is 11.8 Å². The second-order valence-electron chi connectivity index (χ2n) is 4.99. The van der Waals surface area contributed by atoms with Gasteiger partial charge in [0.05, 0.1) is 11.4 Å². The summed E-state index contributed by atoms with van der Waals surface area (Å²) in [5.74, 6) is 1.45. The number of amides is 1. The van der Waals surface area contributed by atoms with Crippen LogP contribution in [0.4, 0.5) is 5.69 Å². The first-order valence-electron chi connectivity index (χ1n) is 6.50. The third-order valence-electron chi connectivity index (χ3n) is 3.88. The Kier molecular flexibility index (Phi) is 3.31. The molecule has 0 unspecified atom stereocenters. The summed E-state index contributed by atoms with van der Waals surface area (Å²) in [4.78, 5) is 14.7. The fourth-order valence-corrected chi connectivity index (χ4v) is 3.75. The molecule has 1 N–H and O–H groups in total. The summed E-state index contributed by atoms with van der Waals surface area (Å²) in [6.45, 7) is 2.24. The summed E-state index contributed by atoms with van der Waals surface area (Å²) < 4.78 is 0. The molecular formula is C14H18N2OS. The molecule has 0 aliphatic carbocycles. The zero-order valence-corrected chi connectivity index (χ0v) is 11.4. The second-order valence-corrected chi connectivity index (χ2v) is 6.01. The van der Waals surface area contributed by atoms with Gasteiger partial charge in [-0.25, -0.2) is 0 Å². The molecule has 4 heteroatoms. The van der Waals surface area contributed by atoms with E-state index in [0.717, 1.165) is 18.8 Å². The minimum atomic E-state index is 0.196. The lowest BCUT2D eigenvalue weighted by Crippen LogP contribution is -2.31. The van der Waals surface area contributed by atoms with Crippen molar-refractivity contribution in [3.05, 3.63) is 23.8 Å². The quantitative estimate of drug-likeness (QED) is 0.842. The molecule has 1 saturated heterocycles. The van der Waals surface area contributed by atoms with Crippen molar-refractivity contribution in [2.45, 2.75) is 23.7 Å². The van der Waals surface area contributed by atoms with E-state index >= 15 is 0 Å². The van der Waals surface area contributed by atoms with E-state index in [1.807, 2.05) is 7.05 Å². The van der Waals surface area contributed by atoms with Gasteiger partial charge in [0.1, 0.15) is 0 Å². The fourth-order valence-electron chi connectivity index (χ4n) is 2.70. The third kappa shape index (κ3) is 2.15. The molecule has 96 valence electrons. The summed E-state index contributed by atoms with van der Waals surface area (Å²) in [5.41, 5.74) is 2.50. The topological polar surface area (TPSA) is 32.3 Å². The Balaban J connectivity index is 1.89. The molecule has 3 rings (SSSR count). The van der Waals surface area contributed by atoms with E-state index in [0.29, 0.717) is 11.7 Å². The molecule has 18 heavy (non-hydrogen) atoms. The maximum Gasteiger partial charge on any atom is 0.237 e. The van der Waals surface area contributed by atoms with Crippen molar-refractivity contribution in [2.75, 3.05) is 30.8 Å². The minimum absolute atomic E-state index is 0.196. The molecular weight excluding hydrogens is 244 g/mol. The van der Waals surface area contributed by atoms with Crippen LogP contribution in [-0.4, -0.2) is 31.8 Å². The first-order chi connectivity index (χ1) is 8.75. The van der Waals surface area contributed by atoms with Crippen LogP contribution in [0.2, 0.25) is 0 Å². The predicted octanol–water partition coefficient (Wildman–Crippen LogP) is 2.22. The number of carbonyl (C=O) groups is 1. The fraction of sp³-hybridized carbons (Fsp3) is 0.500. The van der Waals surface area contributed by atoms with Gasteiger partial charge >= 0.3 is 0 Å². The number of nitrogens with one attached hydrogen (secondary N) is 1. The summed E-state index contributed by atoms with van der Waals surface area (Å²) in [6, 6.07) is 6.60. The van der Waals surface area contributed by atoms with Crippen LogP contribution < -0.4 is 10.2 Å². The Morgan fingerprint density at radius 2 is 2.11 bits per heavy atom. The Hall–Kier alpha value is -1.00. The van der Waals surface area contributed by atoms with Crippen molar-refractivity contribution in [1.29, 1.82) is 0 Å². The first-order valence-corrected chi connectivity index (χ1v) is 7.48. The van der Waals surface area contributed by atoms with Gasteiger partial charge in [-0.2, -0.15) is 0 Å². The summed E-state index contributed by atoms with van der Waals surface area (Å²) in [7, 11) is 1.87. The van der Waals surface area contributed by atoms with Crippen molar-refractivity contribution in [3.8, 4) is 0 Å². The van der Waals surface area contributed by atoms with Crippen molar-refractivity contribution in [2.24, 2.45) is 0 Å². The summed E-state index contributed by atoms with van der Waals surface area (Å²) >= 11 is 1.67. The number of nitrogens with zero attached hydrogens (tertiary/aromatic N) is 1. The Morgan fingerprint density at radius 1 is 1.33 bits per heavy atom. The number of benzene rings is 1. The van der Waals surface area contributed by atoms with Crippen LogP contribution in [0.15, 0.2) is 23.1 Å². The number of hydrogen-bond donors (Lipinski definition) is 1. The molecule has 1 aromatic carbocycles. The number of thioether (sulfide) groups is 1. The van der Waals surface area contributed by atoms with Crippen molar-refractivity contribution >= 4 is 23.4 Å². The van der Waals surface area contributed by atoms with E-state index in [1.54, 1.807) is 16.7 Å². The van der Waals surface area contributed by atoms with Crippen LogP contribution in [0, 0.1) is 0 Å². The average Bonchev–Trinajstić information content (AvgIpc) is 2.44. The zero-order chi connectivity index (χ0) is 12.5. The van der Waals surface area contributed by atoms with Crippen LogP contribution in [0.25, 0.3) is 0 Å². The Bertz CT molecular complexity index is 469. The number of hydrogen-bond acceptors (Lipinski definition) is 3. The lowest BCUT2D eigenvalue weighted by atomic mass is 9.90. The van der Waals surface area contributed by atoms with Gasteiger partial charge in [-0.1, -0.05) is 6.07 Å². The van der Waals surface area contributed by atoms with E-state index < -0.39 is 0 Å². The predicted molar refractivity (Wildman–Crippen MR) is 75.4 cm³/mol. The molecule has 2 heterocycles. The average molecular weight is 262 g/mol. The maximum absolute atomic E-state index is 11.6. The van der Waals surface area contributed by atoms with Crippen molar-refractivity contribution in [1.82, 2.24) is 5.32 Å². The highest BCUT2D eigenvalue weighted by Crippen LogP contribution is 2.37. The second kappa shape index (κ2) is 4.94. The lowest BCUT2D eigenvalue weighted by molar-refractivity contribution is -0.116. The number of fused-ring (bicyclic) bond motifs is 1. The van der Waals surface area contributed by atoms with Crippen LogP contribution in [0.1, 0.15) is 24.3 Å². The van der Waals surface area contributed by atoms with Gasteiger partial charge in [0, 0.05) is 11.9 Å². The highest BCUT2D eigenvalue weighted by Gasteiger charge is 2.23. The van der Waals surface area contributed by atoms with Gasteiger partial charge in [0.25, 0.3) is 0 Å². The van der Waals surface area contributed by atoms with Crippen molar-refractivity contribution in [3.63, 3.8) is 0 Å². The largest absolute Gasteiger partial charge is 0.317 e. The summed E-state index contributed by atoms with van der Waals surface area (Å²) in [6.07, 6.45) is 2.44. The Labute approximate surface area is 112 Å². The summed E-state index contributed by atoms with van der Waals surface area (Å²) in [5, 5.41) is 3.40. The molecule has 0 atom stereocenters. The molecule has 1 fully saturated rings. The van der Waals surface area contributed by atoms with Crippen LogP contribution in [-0.2, 0) is 4.79 Å². The van der Waals surface area contributed by atoms with Gasteiger partial charge in [0.2, 0.25) is 5.91 Å². The molecule has 2 aliphatic rings. The highest BCUT2D eigenvalue weighted by molar-refractivity contribution is 8.00. The van der Waals surface area contributed by atoms with E-state index in [9.17, 15) is 4.79 Å². The Morgan fingerprint density at radius 3 is 2.89 bits per heavy atom. The molecule has 1 amide bonds. The van der Waals surface area contributed by atoms with Crippen LogP contribution in [0.3, 0.4) is 0 Å². The first kappa shape index (κ1) is 12.1. The van der Waals surface area contributed by atoms with E-state index in [1.165, 1.54) is 23.3 Å². The van der Waals surface area contributed by atoms with E-state index in [-0.39, 0.29) is 5.91 Å². The van der Waals surface area contributed by atoms with Gasteiger partial charge in [0.15, 0.2) is 0 Å². The molecule has 0 radical (unpaired) electrons. The zero-order valence-electron chi connectivity index (χ0n) is 10.6. The molecule has 2 aliphatic heterocycles. The SMILES string of the molecule is CN1C(=O)CSc2cc(C3CCNCC3)ccc21. The number of carbonyl (C=O) groups excluding carboxylic acids is 1. The van der Waals surface area contributed by atoms with E-state index in [4.69, 9.17) is 0 Å². The number of rotatable bonds is 1. The van der Waals surface area contributed by atoms with Crippen LogP contribution in [0.5, 0.6) is 0 Å². The monoisotopic (exact) mass is 262 g/mol. The maximum atomic E-state index is 11.6. The van der Waals surface area contributed by atoms with E-state index in [2.05, 4.69) is 23.5 Å². The molecule has 0 aromatic heterocycles. The smallest absolute Gasteiger partial charge is 0.237 e. The third-order valence-corrected chi connectivity index (χ3v) is 4.91. The van der Waals surface area contributed by atoms with Crippen molar-refractivity contribution < 1.29 is 4.79 Å². The molecule has 0 saturated carbocycles. The van der Waals surface area contributed by atoms with Gasteiger partial charge in [-0.3, -0.25) is 4.79 Å². The van der Waals surface area contributed by atoms with Gasteiger partial charge in [-0.05, 0) is 49.5 Å². The number of piperidine rings is 1. The lowest BCUT2D eigenvalue weighted by Gasteiger charge is -2.28.